The van der Waals surface area contributed by atoms with E-state index in [4.69, 9.17) is 0 Å². The Labute approximate surface area is 170 Å². The van der Waals surface area contributed by atoms with Gasteiger partial charge in [0.15, 0.2) is 11.5 Å². The van der Waals surface area contributed by atoms with Crippen LogP contribution in [0, 0.1) is 0 Å². The third-order valence-corrected chi connectivity index (χ3v) is 5.49. The highest BCUT2D eigenvalue weighted by Crippen LogP contribution is 2.30. The van der Waals surface area contributed by atoms with Gasteiger partial charge in [0.1, 0.15) is 17.0 Å². The van der Waals surface area contributed by atoms with Crippen LogP contribution in [-0.2, 0) is 6.18 Å². The van der Waals surface area contributed by atoms with Gasteiger partial charge in [0.25, 0.3) is 0 Å². The Hall–Kier alpha value is -3.30. The molecule has 0 unspecified atom stereocenters. The summed E-state index contributed by atoms with van der Waals surface area (Å²) in [4.78, 5) is 12.3. The van der Waals surface area contributed by atoms with E-state index in [0.717, 1.165) is 43.2 Å². The number of halogens is 3. The molecular formula is C20H20F3N7. The molecule has 1 aliphatic rings. The topological polar surface area (TPSA) is 71.5 Å². The zero-order chi connectivity index (χ0) is 20.7. The third kappa shape index (κ3) is 3.53. The predicted octanol–water partition coefficient (Wildman–Crippen LogP) is 4.23. The van der Waals surface area contributed by atoms with E-state index in [-0.39, 0.29) is 17.7 Å². The first-order chi connectivity index (χ1) is 14.5. The second kappa shape index (κ2) is 7.19. The number of alkyl halides is 3. The lowest BCUT2D eigenvalue weighted by Crippen LogP contribution is -2.35. The Morgan fingerprint density at radius 1 is 1.10 bits per heavy atom. The van der Waals surface area contributed by atoms with Gasteiger partial charge in [0.2, 0.25) is 0 Å². The van der Waals surface area contributed by atoms with Crippen molar-refractivity contribution < 1.29 is 13.2 Å². The van der Waals surface area contributed by atoms with E-state index in [9.17, 15) is 13.2 Å². The minimum atomic E-state index is -4.47. The molecule has 30 heavy (non-hydrogen) atoms. The molecule has 0 aromatic carbocycles. The maximum atomic E-state index is 13.0. The van der Waals surface area contributed by atoms with Gasteiger partial charge < -0.3 is 15.0 Å². The fourth-order valence-electron chi connectivity index (χ4n) is 4.08. The Kier molecular flexibility index (Phi) is 4.48. The van der Waals surface area contributed by atoms with Crippen LogP contribution in [0.5, 0.6) is 0 Å². The zero-order valence-electron chi connectivity index (χ0n) is 16.0. The van der Waals surface area contributed by atoms with Gasteiger partial charge in [-0.05, 0) is 37.8 Å². The minimum Gasteiger partial charge on any atom is -0.368 e. The van der Waals surface area contributed by atoms with Crippen LogP contribution in [0.25, 0.3) is 11.2 Å². The normalized spacial score (nSPS) is 20.0. The van der Waals surface area contributed by atoms with Crippen molar-refractivity contribution in [2.24, 2.45) is 0 Å². The standard InChI is InChI=1S/C20H20F3N7/c21-20(22,23)16-11-30-17(5-2-6-18(30)28-16)26-13-3-1-4-14(9-13)27-19-15-10-24-12-29(15)8-7-25-19/h2,5-8,10-14,26H,1,3-4,9H2,(H,25,27)/t13-,14+/m0/s1. The van der Waals surface area contributed by atoms with Gasteiger partial charge in [0, 0.05) is 30.7 Å². The first kappa shape index (κ1) is 18.7. The van der Waals surface area contributed by atoms with Gasteiger partial charge in [-0.2, -0.15) is 13.2 Å². The monoisotopic (exact) mass is 415 g/mol. The Balaban J connectivity index is 1.33. The fraction of sp³-hybridized carbons (Fsp3) is 0.350. The summed E-state index contributed by atoms with van der Waals surface area (Å²) in [6, 6.07) is 5.40. The first-order valence-corrected chi connectivity index (χ1v) is 9.82. The number of nitrogens with one attached hydrogen (secondary N) is 2. The smallest absolute Gasteiger partial charge is 0.368 e. The van der Waals surface area contributed by atoms with E-state index >= 15 is 0 Å². The van der Waals surface area contributed by atoms with E-state index in [2.05, 4.69) is 25.6 Å². The third-order valence-electron chi connectivity index (χ3n) is 5.49. The van der Waals surface area contributed by atoms with Gasteiger partial charge in [0.05, 0.1) is 12.5 Å². The van der Waals surface area contributed by atoms with Crippen molar-refractivity contribution in [2.75, 3.05) is 10.6 Å². The number of nitrogens with zero attached hydrogens (tertiary/aromatic N) is 5. The van der Waals surface area contributed by atoms with Crippen molar-refractivity contribution in [3.63, 3.8) is 0 Å². The van der Waals surface area contributed by atoms with Crippen LogP contribution >= 0.6 is 0 Å². The van der Waals surface area contributed by atoms with Gasteiger partial charge in [-0.3, -0.25) is 4.40 Å². The molecule has 2 N–H and O–H groups in total. The van der Waals surface area contributed by atoms with Crippen LogP contribution < -0.4 is 10.6 Å². The molecule has 4 heterocycles. The average molecular weight is 415 g/mol. The maximum Gasteiger partial charge on any atom is 0.434 e. The summed E-state index contributed by atoms with van der Waals surface area (Å²) in [6.45, 7) is 0. The van der Waals surface area contributed by atoms with Gasteiger partial charge in [-0.15, -0.1) is 0 Å². The summed E-state index contributed by atoms with van der Waals surface area (Å²) in [7, 11) is 0. The summed E-state index contributed by atoms with van der Waals surface area (Å²) in [5, 5.41) is 6.92. The fourth-order valence-corrected chi connectivity index (χ4v) is 4.08. The average Bonchev–Trinajstić information content (AvgIpc) is 3.36. The number of pyridine rings is 1. The molecule has 0 spiro atoms. The Morgan fingerprint density at radius 3 is 2.77 bits per heavy atom. The molecule has 5 rings (SSSR count). The van der Waals surface area contributed by atoms with Crippen molar-refractivity contribution in [3.05, 3.63) is 55.0 Å². The summed E-state index contributed by atoms with van der Waals surface area (Å²) in [5.74, 6) is 1.39. The van der Waals surface area contributed by atoms with Crippen LogP contribution in [0.1, 0.15) is 31.4 Å². The van der Waals surface area contributed by atoms with Crippen LogP contribution in [0.2, 0.25) is 0 Å². The second-order valence-corrected chi connectivity index (χ2v) is 7.57. The van der Waals surface area contributed by atoms with Crippen LogP contribution in [0.15, 0.2) is 49.3 Å². The minimum absolute atomic E-state index is 0.128. The van der Waals surface area contributed by atoms with Gasteiger partial charge in [-0.25, -0.2) is 15.0 Å². The van der Waals surface area contributed by atoms with Crippen molar-refractivity contribution in [1.82, 2.24) is 23.8 Å². The number of imidazole rings is 2. The highest BCUT2D eigenvalue weighted by Gasteiger charge is 2.34. The number of hydrogen-bond donors (Lipinski definition) is 2. The summed E-state index contributed by atoms with van der Waals surface area (Å²) < 4.78 is 42.5. The molecular weight excluding hydrogens is 395 g/mol. The zero-order valence-corrected chi connectivity index (χ0v) is 16.0. The number of fused-ring (bicyclic) bond motifs is 2. The molecule has 0 saturated heterocycles. The molecule has 0 bridgehead atoms. The Bertz CT molecular complexity index is 1180. The first-order valence-electron chi connectivity index (χ1n) is 9.82. The summed E-state index contributed by atoms with van der Waals surface area (Å²) in [6.07, 6.45) is 7.43. The highest BCUT2D eigenvalue weighted by atomic mass is 19.4. The quantitative estimate of drug-likeness (QED) is 0.522. The highest BCUT2D eigenvalue weighted by molar-refractivity contribution is 5.66. The number of anilines is 2. The lowest BCUT2D eigenvalue weighted by molar-refractivity contribution is -0.140. The van der Waals surface area contributed by atoms with E-state index in [1.165, 1.54) is 4.40 Å². The summed E-state index contributed by atoms with van der Waals surface area (Å²) >= 11 is 0. The molecule has 1 aliphatic carbocycles. The SMILES string of the molecule is FC(F)(F)c1cn2c(N[C@H]3CCC[C@@H](Nc4nccn5cncc45)C3)cccc2n1. The van der Waals surface area contributed by atoms with E-state index < -0.39 is 11.9 Å². The number of rotatable bonds is 4. The molecule has 1 saturated carbocycles. The van der Waals surface area contributed by atoms with Gasteiger partial charge in [-0.1, -0.05) is 6.07 Å². The molecule has 7 nitrogen and oxygen atoms in total. The molecule has 0 aliphatic heterocycles. The van der Waals surface area contributed by atoms with Crippen molar-refractivity contribution in [2.45, 2.75) is 43.9 Å². The van der Waals surface area contributed by atoms with Crippen LogP contribution in [0.4, 0.5) is 24.8 Å². The molecule has 4 aromatic heterocycles. The molecule has 1 fully saturated rings. The lowest BCUT2D eigenvalue weighted by atomic mass is 9.91. The van der Waals surface area contributed by atoms with E-state index in [1.807, 2.05) is 10.6 Å². The van der Waals surface area contributed by atoms with Crippen molar-refractivity contribution in [3.8, 4) is 0 Å². The van der Waals surface area contributed by atoms with E-state index in [1.54, 1.807) is 36.9 Å². The molecule has 0 radical (unpaired) electrons. The van der Waals surface area contributed by atoms with E-state index in [0.29, 0.717) is 5.82 Å². The van der Waals surface area contributed by atoms with Crippen molar-refractivity contribution in [1.29, 1.82) is 0 Å². The molecule has 156 valence electrons. The Morgan fingerprint density at radius 2 is 1.93 bits per heavy atom. The molecule has 10 heteroatoms. The van der Waals surface area contributed by atoms with Crippen LogP contribution in [0.3, 0.4) is 0 Å². The van der Waals surface area contributed by atoms with Crippen LogP contribution in [-0.4, -0.2) is 35.8 Å². The second-order valence-electron chi connectivity index (χ2n) is 7.57. The molecule has 2 atom stereocenters. The number of hydrogen-bond acceptors (Lipinski definition) is 5. The lowest BCUT2D eigenvalue weighted by Gasteiger charge is -2.31. The maximum absolute atomic E-state index is 13.0. The van der Waals surface area contributed by atoms with Crippen molar-refractivity contribution >= 4 is 22.8 Å². The summed E-state index contributed by atoms with van der Waals surface area (Å²) in [5.41, 5.74) is 0.296. The molecule has 0 amide bonds. The van der Waals surface area contributed by atoms with Gasteiger partial charge >= 0.3 is 6.18 Å². The number of aromatic nitrogens is 5. The predicted molar refractivity (Wildman–Crippen MR) is 106 cm³/mol. The molecule has 4 aromatic rings. The largest absolute Gasteiger partial charge is 0.434 e.